The zero-order chi connectivity index (χ0) is 14.1. The molecule has 3 nitrogen and oxygen atoms in total. The van der Waals surface area contributed by atoms with Gasteiger partial charge in [0.25, 0.3) is 0 Å². The standard InChI is InChI=1S/C17H15NO2S/c1-2-5-12(6-3-1)9-16-18-14-7-4-8-15(17(14)21-16)20-11-13-10-19-13/h1-8,13H,9-11H2. The molecular weight excluding hydrogens is 282 g/mol. The fourth-order valence-electron chi connectivity index (χ4n) is 2.28. The van der Waals surface area contributed by atoms with E-state index in [1.165, 1.54) is 5.56 Å². The summed E-state index contributed by atoms with van der Waals surface area (Å²) in [6.07, 6.45) is 1.14. The van der Waals surface area contributed by atoms with Crippen molar-refractivity contribution >= 4 is 21.6 Å². The monoisotopic (exact) mass is 297 g/mol. The van der Waals surface area contributed by atoms with Crippen molar-refractivity contribution in [3.63, 3.8) is 0 Å². The molecule has 0 aliphatic carbocycles. The van der Waals surface area contributed by atoms with Crippen LogP contribution in [0.5, 0.6) is 5.75 Å². The van der Waals surface area contributed by atoms with E-state index in [-0.39, 0.29) is 6.10 Å². The van der Waals surface area contributed by atoms with E-state index in [1.54, 1.807) is 11.3 Å². The average molecular weight is 297 g/mol. The van der Waals surface area contributed by atoms with Gasteiger partial charge in [0, 0.05) is 6.42 Å². The van der Waals surface area contributed by atoms with Crippen molar-refractivity contribution in [3.8, 4) is 5.75 Å². The molecule has 0 amide bonds. The van der Waals surface area contributed by atoms with Gasteiger partial charge in [0.2, 0.25) is 0 Å². The number of nitrogens with zero attached hydrogens (tertiary/aromatic N) is 1. The van der Waals surface area contributed by atoms with Crippen molar-refractivity contribution in [2.24, 2.45) is 0 Å². The average Bonchev–Trinajstić information content (AvgIpc) is 3.25. The van der Waals surface area contributed by atoms with Crippen molar-refractivity contribution in [2.75, 3.05) is 13.2 Å². The van der Waals surface area contributed by atoms with Crippen molar-refractivity contribution in [3.05, 3.63) is 59.1 Å². The summed E-state index contributed by atoms with van der Waals surface area (Å²) in [5.74, 6) is 0.916. The molecule has 3 aromatic rings. The van der Waals surface area contributed by atoms with Crippen LogP contribution < -0.4 is 4.74 Å². The number of aromatic nitrogens is 1. The molecule has 1 aliphatic rings. The van der Waals surface area contributed by atoms with Crippen LogP contribution in [0.3, 0.4) is 0 Å². The highest BCUT2D eigenvalue weighted by Gasteiger charge is 2.23. The molecule has 0 N–H and O–H groups in total. The summed E-state index contributed by atoms with van der Waals surface area (Å²) in [5, 5.41) is 1.12. The lowest BCUT2D eigenvalue weighted by atomic mass is 10.2. The second-order valence-electron chi connectivity index (χ2n) is 5.14. The first-order valence-electron chi connectivity index (χ1n) is 7.05. The SMILES string of the molecule is c1ccc(Cc2nc3cccc(OCC4CO4)c3s2)cc1. The van der Waals surface area contributed by atoms with Gasteiger partial charge in [-0.2, -0.15) is 0 Å². The molecule has 106 valence electrons. The maximum atomic E-state index is 5.85. The molecule has 21 heavy (non-hydrogen) atoms. The van der Waals surface area contributed by atoms with E-state index in [9.17, 15) is 0 Å². The van der Waals surface area contributed by atoms with Crippen molar-refractivity contribution in [2.45, 2.75) is 12.5 Å². The molecule has 0 saturated carbocycles. The quantitative estimate of drug-likeness (QED) is 0.674. The molecule has 4 heteroatoms. The Morgan fingerprint density at radius 3 is 2.81 bits per heavy atom. The van der Waals surface area contributed by atoms with Gasteiger partial charge in [0.1, 0.15) is 18.5 Å². The number of hydrogen-bond donors (Lipinski definition) is 0. The van der Waals surface area contributed by atoms with E-state index < -0.39 is 0 Å². The smallest absolute Gasteiger partial charge is 0.138 e. The van der Waals surface area contributed by atoms with Gasteiger partial charge in [-0.3, -0.25) is 0 Å². The van der Waals surface area contributed by atoms with E-state index in [0.717, 1.165) is 34.0 Å². The first-order valence-corrected chi connectivity index (χ1v) is 7.87. The lowest BCUT2D eigenvalue weighted by Gasteiger charge is -2.03. The van der Waals surface area contributed by atoms with Crippen LogP contribution in [-0.4, -0.2) is 24.3 Å². The Labute approximate surface area is 127 Å². The third-order valence-corrected chi connectivity index (χ3v) is 4.53. The Morgan fingerprint density at radius 2 is 2.00 bits per heavy atom. The van der Waals surface area contributed by atoms with Gasteiger partial charge in [-0.05, 0) is 17.7 Å². The van der Waals surface area contributed by atoms with Crippen LogP contribution in [0, 0.1) is 0 Å². The van der Waals surface area contributed by atoms with Gasteiger partial charge >= 0.3 is 0 Å². The zero-order valence-electron chi connectivity index (χ0n) is 11.5. The van der Waals surface area contributed by atoms with Crippen molar-refractivity contribution < 1.29 is 9.47 Å². The fourth-order valence-corrected chi connectivity index (χ4v) is 3.34. The van der Waals surface area contributed by atoms with Crippen LogP contribution in [-0.2, 0) is 11.2 Å². The number of rotatable bonds is 5. The summed E-state index contributed by atoms with van der Waals surface area (Å²) >= 11 is 1.71. The van der Waals surface area contributed by atoms with Crippen LogP contribution in [0.1, 0.15) is 10.6 Å². The molecule has 1 aliphatic heterocycles. The van der Waals surface area contributed by atoms with Gasteiger partial charge < -0.3 is 9.47 Å². The third-order valence-electron chi connectivity index (χ3n) is 3.45. The van der Waals surface area contributed by atoms with Gasteiger partial charge in [0.15, 0.2) is 0 Å². The molecule has 1 saturated heterocycles. The maximum Gasteiger partial charge on any atom is 0.138 e. The first-order chi connectivity index (χ1) is 10.4. The summed E-state index contributed by atoms with van der Waals surface area (Å²) in [6, 6.07) is 16.5. The Balaban J connectivity index is 1.60. The highest BCUT2D eigenvalue weighted by Crippen LogP contribution is 2.32. The van der Waals surface area contributed by atoms with E-state index in [0.29, 0.717) is 6.61 Å². The van der Waals surface area contributed by atoms with Gasteiger partial charge in [-0.25, -0.2) is 4.98 Å². The molecule has 0 radical (unpaired) electrons. The van der Waals surface area contributed by atoms with Gasteiger partial charge in [-0.15, -0.1) is 11.3 Å². The predicted octanol–water partition coefficient (Wildman–Crippen LogP) is 3.66. The molecule has 1 unspecified atom stereocenters. The van der Waals surface area contributed by atoms with Crippen molar-refractivity contribution in [1.29, 1.82) is 0 Å². The zero-order valence-corrected chi connectivity index (χ0v) is 12.3. The highest BCUT2D eigenvalue weighted by atomic mass is 32.1. The molecule has 0 spiro atoms. The minimum absolute atomic E-state index is 0.275. The minimum Gasteiger partial charge on any atom is -0.489 e. The fraction of sp³-hybridized carbons (Fsp3) is 0.235. The third kappa shape index (κ3) is 2.91. The van der Waals surface area contributed by atoms with Gasteiger partial charge in [0.05, 0.1) is 21.8 Å². The minimum atomic E-state index is 0.275. The largest absolute Gasteiger partial charge is 0.489 e. The van der Waals surface area contributed by atoms with Crippen LogP contribution in [0.25, 0.3) is 10.2 Å². The normalized spacial score (nSPS) is 17.0. The topological polar surface area (TPSA) is 34.6 Å². The lowest BCUT2D eigenvalue weighted by molar-refractivity contribution is 0.265. The number of fused-ring (bicyclic) bond motifs is 1. The molecule has 2 aromatic carbocycles. The highest BCUT2D eigenvalue weighted by molar-refractivity contribution is 7.19. The van der Waals surface area contributed by atoms with Crippen molar-refractivity contribution in [1.82, 2.24) is 4.98 Å². The molecule has 2 heterocycles. The number of epoxide rings is 1. The molecule has 4 rings (SSSR count). The summed E-state index contributed by atoms with van der Waals surface area (Å²) in [4.78, 5) is 4.72. The number of hydrogen-bond acceptors (Lipinski definition) is 4. The first kappa shape index (κ1) is 12.8. The summed E-state index contributed by atoms with van der Waals surface area (Å²) in [5.41, 5.74) is 2.30. The van der Waals surface area contributed by atoms with E-state index in [4.69, 9.17) is 14.5 Å². The number of thiazole rings is 1. The Bertz CT molecular complexity index is 750. The van der Waals surface area contributed by atoms with E-state index >= 15 is 0 Å². The molecule has 1 aromatic heterocycles. The number of benzene rings is 2. The Kier molecular flexibility index (Phi) is 3.33. The molecule has 1 fully saturated rings. The summed E-state index contributed by atoms with van der Waals surface area (Å²) < 4.78 is 12.2. The molecule has 0 bridgehead atoms. The van der Waals surface area contributed by atoms with E-state index in [1.807, 2.05) is 24.3 Å². The van der Waals surface area contributed by atoms with Crippen LogP contribution in [0.4, 0.5) is 0 Å². The van der Waals surface area contributed by atoms with Crippen LogP contribution in [0.2, 0.25) is 0 Å². The number of ether oxygens (including phenoxy) is 2. The van der Waals surface area contributed by atoms with Crippen LogP contribution >= 0.6 is 11.3 Å². The Morgan fingerprint density at radius 1 is 1.14 bits per heavy atom. The lowest BCUT2D eigenvalue weighted by Crippen LogP contribution is -2.03. The maximum absolute atomic E-state index is 5.85. The second kappa shape index (κ2) is 5.47. The predicted molar refractivity (Wildman–Crippen MR) is 84.1 cm³/mol. The summed E-state index contributed by atoms with van der Waals surface area (Å²) in [7, 11) is 0. The summed E-state index contributed by atoms with van der Waals surface area (Å²) in [6.45, 7) is 1.45. The van der Waals surface area contributed by atoms with E-state index in [2.05, 4.69) is 24.3 Å². The molecule has 1 atom stereocenters. The Hall–Kier alpha value is -1.91. The van der Waals surface area contributed by atoms with Gasteiger partial charge in [-0.1, -0.05) is 36.4 Å². The van der Waals surface area contributed by atoms with Crippen LogP contribution in [0.15, 0.2) is 48.5 Å². The molecular formula is C17H15NO2S. The second-order valence-corrected chi connectivity index (χ2v) is 6.22.